The zero-order valence-corrected chi connectivity index (χ0v) is 6.08. The highest BCUT2D eigenvalue weighted by Crippen LogP contribution is 2.27. The summed E-state index contributed by atoms with van der Waals surface area (Å²) in [6.07, 6.45) is 1.01. The maximum atomic E-state index is 8.06. The number of ether oxygens (including phenoxy) is 1. The van der Waals surface area contributed by atoms with Gasteiger partial charge in [0.1, 0.15) is 0 Å². The van der Waals surface area contributed by atoms with Crippen molar-refractivity contribution in [2.45, 2.75) is 13.3 Å². The summed E-state index contributed by atoms with van der Waals surface area (Å²) in [5, 5.41) is 3.53. The van der Waals surface area contributed by atoms with Crippen molar-refractivity contribution in [1.82, 2.24) is 0 Å². The molecule has 0 bridgehead atoms. The van der Waals surface area contributed by atoms with E-state index in [1.807, 2.05) is 0 Å². The molecule has 0 radical (unpaired) electrons. The minimum absolute atomic E-state index is 0.103. The summed E-state index contributed by atoms with van der Waals surface area (Å²) in [6.45, 7) is 4.17. The van der Waals surface area contributed by atoms with Crippen LogP contribution >= 0.6 is 0 Å². The van der Waals surface area contributed by atoms with Crippen LogP contribution in [0.5, 0.6) is 0 Å². The van der Waals surface area contributed by atoms with Gasteiger partial charge in [-0.05, 0) is 17.4 Å². The van der Waals surface area contributed by atoms with Gasteiger partial charge in [-0.2, -0.15) is 0 Å². The zero-order valence-electron chi connectivity index (χ0n) is 6.08. The Morgan fingerprint density at radius 2 is 2.60 bits per heavy atom. The van der Waals surface area contributed by atoms with Crippen LogP contribution in [0.3, 0.4) is 0 Å². The molecule has 1 fully saturated rings. The van der Waals surface area contributed by atoms with Crippen molar-refractivity contribution in [3.63, 3.8) is 0 Å². The summed E-state index contributed by atoms with van der Waals surface area (Å²) < 4.78 is 5.17. The van der Waals surface area contributed by atoms with Crippen LogP contribution in [0.2, 0.25) is 0 Å². The summed E-state index contributed by atoms with van der Waals surface area (Å²) in [5.41, 5.74) is 8.16. The van der Waals surface area contributed by atoms with Gasteiger partial charge in [0.05, 0.1) is 6.61 Å². The maximum Gasteiger partial charge on any atom is 0.0521 e. The molecule has 1 heterocycles. The first-order valence-electron chi connectivity index (χ1n) is 3.35. The summed E-state index contributed by atoms with van der Waals surface area (Å²) in [5.74, 6) is 0. The van der Waals surface area contributed by atoms with Crippen molar-refractivity contribution < 1.29 is 4.74 Å². The molecule has 0 spiro atoms. The topological polar surface area (TPSA) is 58.0 Å². The normalized spacial score (nSPS) is 31.7. The lowest BCUT2D eigenvalue weighted by atomic mass is 9.91. The number of hydrogen-bond acceptors (Lipinski definition) is 2. The van der Waals surface area contributed by atoms with E-state index >= 15 is 0 Å². The Morgan fingerprint density at radius 3 is 3.10 bits per heavy atom. The minimum atomic E-state index is 0.103. The lowest BCUT2D eigenvalue weighted by Crippen LogP contribution is -2.19. The van der Waals surface area contributed by atoms with Crippen molar-refractivity contribution in [2.75, 3.05) is 19.8 Å². The molecule has 0 N–H and O–H groups in total. The Hall–Kier alpha value is -0.730. The lowest BCUT2D eigenvalue weighted by molar-refractivity contribution is 0.162. The quantitative estimate of drug-likeness (QED) is 0.328. The summed E-state index contributed by atoms with van der Waals surface area (Å²) in [4.78, 5) is 2.71. The molecule has 1 rings (SSSR count). The van der Waals surface area contributed by atoms with Gasteiger partial charge < -0.3 is 4.74 Å². The van der Waals surface area contributed by atoms with Gasteiger partial charge >= 0.3 is 0 Å². The lowest BCUT2D eigenvalue weighted by Gasteiger charge is -2.17. The second kappa shape index (κ2) is 2.90. The van der Waals surface area contributed by atoms with Crippen LogP contribution in [-0.2, 0) is 4.74 Å². The standard InChI is InChI=1S/C6H11N3O/c1-6(4-8-9-7)2-3-10-5-6/h2-5H2,1H3/t6-/m1/s1. The van der Waals surface area contributed by atoms with E-state index in [-0.39, 0.29) is 5.41 Å². The second-order valence-corrected chi connectivity index (χ2v) is 3.00. The fraction of sp³-hybridized carbons (Fsp3) is 1.00. The molecular formula is C6H11N3O. The molecular weight excluding hydrogens is 130 g/mol. The molecule has 0 aliphatic carbocycles. The fourth-order valence-electron chi connectivity index (χ4n) is 1.04. The molecule has 1 saturated heterocycles. The predicted molar refractivity (Wildman–Crippen MR) is 37.6 cm³/mol. The molecule has 1 aliphatic rings. The highest BCUT2D eigenvalue weighted by Gasteiger charge is 2.28. The van der Waals surface area contributed by atoms with Gasteiger partial charge in [0.15, 0.2) is 0 Å². The molecule has 1 atom stereocenters. The summed E-state index contributed by atoms with van der Waals surface area (Å²) in [6, 6.07) is 0. The Bertz CT molecular complexity index is 156. The number of azide groups is 1. The average Bonchev–Trinajstić information content (AvgIpc) is 2.33. The van der Waals surface area contributed by atoms with Crippen LogP contribution in [0.1, 0.15) is 13.3 Å². The van der Waals surface area contributed by atoms with Crippen molar-refractivity contribution in [3.05, 3.63) is 10.4 Å². The molecule has 0 aromatic carbocycles. The molecule has 0 saturated carbocycles. The van der Waals surface area contributed by atoms with E-state index in [1.54, 1.807) is 0 Å². The maximum absolute atomic E-state index is 8.06. The van der Waals surface area contributed by atoms with E-state index in [0.29, 0.717) is 6.54 Å². The number of nitrogens with zero attached hydrogens (tertiary/aromatic N) is 3. The first-order chi connectivity index (χ1) is 4.77. The van der Waals surface area contributed by atoms with Gasteiger partial charge in [-0.15, -0.1) is 0 Å². The zero-order chi connectivity index (χ0) is 7.45. The third-order valence-electron chi connectivity index (χ3n) is 1.82. The molecule has 4 nitrogen and oxygen atoms in total. The molecule has 0 aromatic heterocycles. The third kappa shape index (κ3) is 1.62. The van der Waals surface area contributed by atoms with E-state index < -0.39 is 0 Å². The Kier molecular flexibility index (Phi) is 2.14. The molecule has 10 heavy (non-hydrogen) atoms. The van der Waals surface area contributed by atoms with Crippen molar-refractivity contribution in [3.8, 4) is 0 Å². The third-order valence-corrected chi connectivity index (χ3v) is 1.82. The van der Waals surface area contributed by atoms with Gasteiger partial charge in [0.25, 0.3) is 0 Å². The van der Waals surface area contributed by atoms with Gasteiger partial charge in [0, 0.05) is 18.1 Å². The second-order valence-electron chi connectivity index (χ2n) is 3.00. The summed E-state index contributed by atoms with van der Waals surface area (Å²) >= 11 is 0. The van der Waals surface area contributed by atoms with E-state index in [9.17, 15) is 0 Å². The first kappa shape index (κ1) is 7.38. The van der Waals surface area contributed by atoms with E-state index in [4.69, 9.17) is 10.3 Å². The van der Waals surface area contributed by atoms with Crippen LogP contribution < -0.4 is 0 Å². The average molecular weight is 141 g/mol. The van der Waals surface area contributed by atoms with E-state index in [2.05, 4.69) is 16.9 Å². The predicted octanol–water partition coefficient (Wildman–Crippen LogP) is 1.72. The fourth-order valence-corrected chi connectivity index (χ4v) is 1.04. The van der Waals surface area contributed by atoms with Gasteiger partial charge in [-0.3, -0.25) is 0 Å². The Labute approximate surface area is 59.8 Å². The highest BCUT2D eigenvalue weighted by molar-refractivity contribution is 4.80. The molecule has 0 unspecified atom stereocenters. The smallest absolute Gasteiger partial charge is 0.0521 e. The van der Waals surface area contributed by atoms with E-state index in [0.717, 1.165) is 19.6 Å². The largest absolute Gasteiger partial charge is 0.381 e. The Balaban J connectivity index is 2.42. The molecule has 1 aliphatic heterocycles. The highest BCUT2D eigenvalue weighted by atomic mass is 16.5. The monoisotopic (exact) mass is 141 g/mol. The Morgan fingerprint density at radius 1 is 1.80 bits per heavy atom. The van der Waals surface area contributed by atoms with Crippen LogP contribution in [-0.4, -0.2) is 19.8 Å². The van der Waals surface area contributed by atoms with Crippen molar-refractivity contribution in [2.24, 2.45) is 10.5 Å². The van der Waals surface area contributed by atoms with Crippen LogP contribution in [0.25, 0.3) is 10.4 Å². The summed E-state index contributed by atoms with van der Waals surface area (Å²) in [7, 11) is 0. The number of hydrogen-bond donors (Lipinski definition) is 0. The number of rotatable bonds is 2. The SMILES string of the molecule is C[C@]1(CN=[N+]=[N-])CCOC1. The van der Waals surface area contributed by atoms with Gasteiger partial charge in [-0.25, -0.2) is 0 Å². The van der Waals surface area contributed by atoms with Crippen LogP contribution in [0.15, 0.2) is 5.11 Å². The van der Waals surface area contributed by atoms with Gasteiger partial charge in [-0.1, -0.05) is 12.0 Å². The molecule has 4 heteroatoms. The van der Waals surface area contributed by atoms with Crippen molar-refractivity contribution >= 4 is 0 Å². The molecule has 0 aromatic rings. The minimum Gasteiger partial charge on any atom is -0.381 e. The van der Waals surface area contributed by atoms with Gasteiger partial charge in [0.2, 0.25) is 0 Å². The van der Waals surface area contributed by atoms with E-state index in [1.165, 1.54) is 0 Å². The molecule has 0 amide bonds. The first-order valence-corrected chi connectivity index (χ1v) is 3.35. The van der Waals surface area contributed by atoms with Crippen LogP contribution in [0, 0.1) is 5.41 Å². The van der Waals surface area contributed by atoms with Crippen LogP contribution in [0.4, 0.5) is 0 Å². The molecule has 56 valence electrons. The van der Waals surface area contributed by atoms with Crippen molar-refractivity contribution in [1.29, 1.82) is 0 Å².